The van der Waals surface area contributed by atoms with Gasteiger partial charge < -0.3 is 9.84 Å². The molecule has 1 N–H and O–H groups in total. The van der Waals surface area contributed by atoms with Crippen LogP contribution in [0, 0.1) is 26.8 Å². The van der Waals surface area contributed by atoms with Gasteiger partial charge in [-0.05, 0) is 57.2 Å². The lowest BCUT2D eigenvalue weighted by atomic mass is 9.79. The Morgan fingerprint density at radius 2 is 1.49 bits per heavy atom. The van der Waals surface area contributed by atoms with Crippen LogP contribution in [0.2, 0.25) is 0 Å². The first-order chi connectivity index (χ1) is 16.1. The molecule has 0 amide bonds. The maximum Gasteiger partial charge on any atom is 0.207 e. The summed E-state index contributed by atoms with van der Waals surface area (Å²) in [5.41, 5.74) is 1.83. The molecule has 0 aromatic heterocycles. The summed E-state index contributed by atoms with van der Waals surface area (Å²) in [7, 11) is 0. The third-order valence-electron chi connectivity index (χ3n) is 5.40. The third-order valence-corrected chi connectivity index (χ3v) is 6.35. The molecule has 0 fully saturated rings. The topological polar surface area (TPSA) is 41.8 Å². The first-order valence-corrected chi connectivity index (χ1v) is 11.9. The summed E-state index contributed by atoms with van der Waals surface area (Å²) >= 11 is 1.24. The molecule has 0 saturated heterocycles. The number of rotatable bonds is 4. The number of ether oxygens (including phenoxy) is 1. The maximum atomic E-state index is 14.5. The highest BCUT2D eigenvalue weighted by Crippen LogP contribution is 2.39. The minimum absolute atomic E-state index is 0.0693. The van der Waals surface area contributed by atoms with E-state index >= 15 is 0 Å². The quantitative estimate of drug-likeness (QED) is 0.107. The van der Waals surface area contributed by atoms with Crippen LogP contribution in [0.3, 0.4) is 0 Å². The normalized spacial score (nSPS) is 12.4. The lowest BCUT2D eigenvalue weighted by Crippen LogP contribution is -2.17. The molecular formula is C27H26F4INO2. The second-order valence-electron chi connectivity index (χ2n) is 10.2. The number of hydrogen-bond donors (Lipinski definition) is 1. The minimum atomic E-state index is -1.83. The van der Waals surface area contributed by atoms with E-state index in [4.69, 9.17) is 4.74 Å². The molecule has 186 valence electrons. The smallest absolute Gasteiger partial charge is 0.207 e. The van der Waals surface area contributed by atoms with E-state index in [1.54, 1.807) is 12.1 Å². The first kappa shape index (κ1) is 27.0. The third kappa shape index (κ3) is 5.63. The molecule has 8 heteroatoms. The molecule has 0 aliphatic heterocycles. The van der Waals surface area contributed by atoms with Crippen LogP contribution in [0.5, 0.6) is 17.2 Å². The molecule has 0 atom stereocenters. The van der Waals surface area contributed by atoms with E-state index in [2.05, 4.69) is 25.8 Å². The van der Waals surface area contributed by atoms with Gasteiger partial charge >= 0.3 is 0 Å². The largest absolute Gasteiger partial charge is 0.507 e. The van der Waals surface area contributed by atoms with Gasteiger partial charge in [0.25, 0.3) is 0 Å². The Labute approximate surface area is 216 Å². The Hall–Kier alpha value is -2.62. The number of nitrogens with zero attached hydrogens (tertiary/aromatic N) is 1. The second-order valence-corrected chi connectivity index (χ2v) is 11.3. The Morgan fingerprint density at radius 3 is 2.09 bits per heavy atom. The van der Waals surface area contributed by atoms with Crippen LogP contribution >= 0.6 is 22.6 Å². The Kier molecular flexibility index (Phi) is 7.55. The van der Waals surface area contributed by atoms with Gasteiger partial charge in [0.05, 0.1) is 3.57 Å². The van der Waals surface area contributed by atoms with Gasteiger partial charge in [-0.25, -0.2) is 13.2 Å². The molecule has 0 aliphatic rings. The molecule has 3 nitrogen and oxygen atoms in total. The molecule has 0 radical (unpaired) electrons. The summed E-state index contributed by atoms with van der Waals surface area (Å²) < 4.78 is 60.9. The highest BCUT2D eigenvalue weighted by molar-refractivity contribution is 14.1. The summed E-state index contributed by atoms with van der Waals surface area (Å²) in [5, 5.41) is 11.0. The second kappa shape index (κ2) is 9.79. The Bertz CT molecular complexity index is 1280. The number of aromatic hydroxyl groups is 1. The number of phenolic OH excluding ortho intramolecular Hbond substituents is 1. The Morgan fingerprint density at radius 1 is 0.857 bits per heavy atom. The van der Waals surface area contributed by atoms with Crippen molar-refractivity contribution in [3.63, 3.8) is 0 Å². The summed E-state index contributed by atoms with van der Waals surface area (Å²) in [4.78, 5) is 4.38. The monoisotopic (exact) mass is 599 g/mol. The van der Waals surface area contributed by atoms with E-state index < -0.39 is 32.6 Å². The van der Waals surface area contributed by atoms with Crippen LogP contribution in [0.15, 0.2) is 41.4 Å². The van der Waals surface area contributed by atoms with Crippen molar-refractivity contribution in [1.82, 2.24) is 0 Å². The minimum Gasteiger partial charge on any atom is -0.507 e. The summed E-state index contributed by atoms with van der Waals surface area (Å²) in [5.74, 6) is -7.65. The number of hydrogen-bond acceptors (Lipinski definition) is 3. The molecule has 3 aromatic carbocycles. The van der Waals surface area contributed by atoms with Gasteiger partial charge in [-0.1, -0.05) is 59.7 Å². The van der Waals surface area contributed by atoms with E-state index in [1.165, 1.54) is 40.9 Å². The van der Waals surface area contributed by atoms with E-state index in [0.29, 0.717) is 5.56 Å². The first-order valence-electron chi connectivity index (χ1n) is 10.8. The summed E-state index contributed by atoms with van der Waals surface area (Å²) in [6, 6.07) is 9.90. The van der Waals surface area contributed by atoms with Gasteiger partial charge in [0.15, 0.2) is 23.2 Å². The molecular weight excluding hydrogens is 573 g/mol. The van der Waals surface area contributed by atoms with Crippen molar-refractivity contribution in [2.75, 3.05) is 0 Å². The summed E-state index contributed by atoms with van der Waals surface area (Å²) in [6.07, 6.45) is 1.43. The lowest BCUT2D eigenvalue weighted by molar-refractivity contribution is 0.364. The van der Waals surface area contributed by atoms with Gasteiger partial charge in [0, 0.05) is 17.3 Å². The van der Waals surface area contributed by atoms with Gasteiger partial charge in [-0.15, -0.1) is 0 Å². The van der Waals surface area contributed by atoms with Gasteiger partial charge in [-0.2, -0.15) is 4.39 Å². The van der Waals surface area contributed by atoms with Crippen molar-refractivity contribution in [3.8, 4) is 17.2 Å². The molecule has 0 saturated carbocycles. The Balaban J connectivity index is 2.09. The van der Waals surface area contributed by atoms with E-state index in [0.717, 1.165) is 11.1 Å². The standard InChI is InChI=1S/C27H26F4INO2/c1-26(2,3)15-11-14(24(34)16(12-15)27(4,5)6)13-33-17-9-7-8-10-18(17)35-25-21(30)19(28)20(29)23(32)22(25)31/h7-13,34H,1-6H3. The lowest BCUT2D eigenvalue weighted by Gasteiger charge is -2.27. The maximum absolute atomic E-state index is 14.5. The number of para-hydroxylation sites is 2. The zero-order chi connectivity index (χ0) is 26.3. The van der Waals surface area contributed by atoms with Crippen molar-refractivity contribution < 1.29 is 27.4 Å². The van der Waals surface area contributed by atoms with E-state index in [9.17, 15) is 22.7 Å². The van der Waals surface area contributed by atoms with Crippen molar-refractivity contribution >= 4 is 34.5 Å². The molecule has 0 aliphatic carbocycles. The van der Waals surface area contributed by atoms with Gasteiger partial charge in [0.2, 0.25) is 11.6 Å². The SMILES string of the molecule is CC(C)(C)c1cc(C=Nc2ccccc2Oc2c(F)c(F)c(F)c(I)c2F)c(O)c(C(C)(C)C)c1. The molecule has 0 unspecified atom stereocenters. The zero-order valence-corrected chi connectivity index (χ0v) is 22.4. The van der Waals surface area contributed by atoms with Crippen LogP contribution in [-0.2, 0) is 10.8 Å². The molecule has 0 heterocycles. The highest BCUT2D eigenvalue weighted by atomic mass is 127. The van der Waals surface area contributed by atoms with Crippen LogP contribution in [0.1, 0.15) is 58.2 Å². The zero-order valence-electron chi connectivity index (χ0n) is 20.2. The number of aliphatic imine (C=N–C) groups is 1. The molecule has 0 spiro atoms. The average molecular weight is 599 g/mol. The van der Waals surface area contributed by atoms with Crippen molar-refractivity contribution in [2.24, 2.45) is 4.99 Å². The van der Waals surface area contributed by atoms with E-state index in [1.807, 2.05) is 32.9 Å². The molecule has 3 rings (SSSR count). The van der Waals surface area contributed by atoms with Crippen LogP contribution in [-0.4, -0.2) is 11.3 Å². The van der Waals surface area contributed by atoms with Crippen LogP contribution in [0.4, 0.5) is 23.2 Å². The van der Waals surface area contributed by atoms with Crippen molar-refractivity contribution in [1.29, 1.82) is 0 Å². The average Bonchev–Trinajstić information content (AvgIpc) is 2.77. The van der Waals surface area contributed by atoms with Gasteiger partial charge in [0.1, 0.15) is 11.4 Å². The number of phenols is 1. The molecule has 35 heavy (non-hydrogen) atoms. The molecule has 3 aromatic rings. The van der Waals surface area contributed by atoms with Crippen LogP contribution in [0.25, 0.3) is 0 Å². The van der Waals surface area contributed by atoms with Crippen molar-refractivity contribution in [2.45, 2.75) is 52.4 Å². The highest BCUT2D eigenvalue weighted by Gasteiger charge is 2.27. The van der Waals surface area contributed by atoms with E-state index in [-0.39, 0.29) is 28.0 Å². The summed E-state index contributed by atoms with van der Waals surface area (Å²) in [6.45, 7) is 12.1. The number of halogens is 5. The fourth-order valence-electron chi connectivity index (χ4n) is 3.33. The fourth-order valence-corrected chi connectivity index (χ4v) is 3.82. The van der Waals surface area contributed by atoms with Crippen molar-refractivity contribution in [3.05, 3.63) is 79.9 Å². The molecule has 0 bridgehead atoms. The predicted octanol–water partition coefficient (Wildman–Crippen LogP) is 8.69. The number of benzene rings is 3. The predicted molar refractivity (Wildman–Crippen MR) is 138 cm³/mol. The fraction of sp³-hybridized carbons (Fsp3) is 0.296. The van der Waals surface area contributed by atoms with Crippen LogP contribution < -0.4 is 4.74 Å². The van der Waals surface area contributed by atoms with Gasteiger partial charge in [-0.3, -0.25) is 4.99 Å².